The minimum Gasteiger partial charge on any atom is -0.479 e. The Hall–Kier alpha value is -2.03. The molecule has 116 valence electrons. The van der Waals surface area contributed by atoms with Crippen LogP contribution >= 0.6 is 11.6 Å². The largest absolute Gasteiger partial charge is 0.479 e. The summed E-state index contributed by atoms with van der Waals surface area (Å²) in [5.41, 5.74) is 0.565. The van der Waals surface area contributed by atoms with Crippen molar-refractivity contribution in [2.75, 3.05) is 0 Å². The van der Waals surface area contributed by atoms with E-state index in [0.29, 0.717) is 10.7 Å². The number of hydrogen-bond donors (Lipinski definition) is 2. The molecule has 9 heteroatoms. The second-order valence-corrected chi connectivity index (χ2v) is 5.88. The molecule has 1 aromatic carbocycles. The maximum atomic E-state index is 11.4. The van der Waals surface area contributed by atoms with Gasteiger partial charge in [-0.25, -0.2) is 4.79 Å². The number of rotatable bonds is 3. The SMILES string of the molecule is CC1(C)NC(c2ccc(Cl)c(-n3cnnn3)c2)C(C(=O)O)O1. The lowest BCUT2D eigenvalue weighted by atomic mass is 10.0. The lowest BCUT2D eigenvalue weighted by molar-refractivity contribution is -0.153. The van der Waals surface area contributed by atoms with Crippen LogP contribution in [0.2, 0.25) is 5.02 Å². The van der Waals surface area contributed by atoms with Crippen LogP contribution in [0.3, 0.4) is 0 Å². The van der Waals surface area contributed by atoms with Gasteiger partial charge in [0, 0.05) is 0 Å². The van der Waals surface area contributed by atoms with E-state index in [4.69, 9.17) is 16.3 Å². The third-order valence-electron chi connectivity index (χ3n) is 3.40. The maximum absolute atomic E-state index is 11.4. The lowest BCUT2D eigenvalue weighted by Gasteiger charge is -2.18. The van der Waals surface area contributed by atoms with Crippen molar-refractivity contribution in [1.29, 1.82) is 0 Å². The molecule has 22 heavy (non-hydrogen) atoms. The molecule has 1 saturated heterocycles. The molecule has 2 N–H and O–H groups in total. The molecule has 1 fully saturated rings. The van der Waals surface area contributed by atoms with Crippen LogP contribution in [-0.4, -0.2) is 43.1 Å². The number of nitrogens with zero attached hydrogens (tertiary/aromatic N) is 4. The Morgan fingerprint density at radius 3 is 2.91 bits per heavy atom. The average molecular weight is 324 g/mol. The number of halogens is 1. The highest BCUT2D eigenvalue weighted by Crippen LogP contribution is 2.34. The highest BCUT2D eigenvalue weighted by molar-refractivity contribution is 6.32. The maximum Gasteiger partial charge on any atom is 0.334 e. The number of benzene rings is 1. The van der Waals surface area contributed by atoms with Crippen LogP contribution < -0.4 is 5.32 Å². The first-order valence-corrected chi connectivity index (χ1v) is 6.96. The van der Waals surface area contributed by atoms with Crippen LogP contribution in [0.5, 0.6) is 0 Å². The van der Waals surface area contributed by atoms with Crippen LogP contribution in [0.25, 0.3) is 5.69 Å². The molecule has 0 aliphatic carbocycles. The Morgan fingerprint density at radius 1 is 1.50 bits per heavy atom. The Labute approximate surface area is 131 Å². The molecule has 0 saturated carbocycles. The first-order valence-electron chi connectivity index (χ1n) is 6.58. The van der Waals surface area contributed by atoms with Gasteiger partial charge in [0.05, 0.1) is 16.8 Å². The fourth-order valence-corrected chi connectivity index (χ4v) is 2.70. The monoisotopic (exact) mass is 323 g/mol. The summed E-state index contributed by atoms with van der Waals surface area (Å²) >= 11 is 6.16. The minimum atomic E-state index is -1.03. The topological polar surface area (TPSA) is 102 Å². The van der Waals surface area contributed by atoms with Crippen molar-refractivity contribution >= 4 is 17.6 Å². The predicted octanol–water partition coefficient (Wildman–Crippen LogP) is 1.17. The van der Waals surface area contributed by atoms with Crippen LogP contribution in [0.1, 0.15) is 25.5 Å². The molecular weight excluding hydrogens is 310 g/mol. The number of carboxylic acid groups (broad SMARTS) is 1. The number of aromatic nitrogens is 4. The van der Waals surface area contributed by atoms with Crippen molar-refractivity contribution in [3.8, 4) is 5.69 Å². The number of hydrogen-bond acceptors (Lipinski definition) is 6. The highest BCUT2D eigenvalue weighted by atomic mass is 35.5. The van der Waals surface area contributed by atoms with Gasteiger partial charge >= 0.3 is 5.97 Å². The minimum absolute atomic E-state index is 0.459. The lowest BCUT2D eigenvalue weighted by Crippen LogP contribution is -2.35. The van der Waals surface area contributed by atoms with Gasteiger partial charge in [-0.3, -0.25) is 5.32 Å². The molecule has 2 aromatic rings. The van der Waals surface area contributed by atoms with E-state index in [9.17, 15) is 9.90 Å². The second-order valence-electron chi connectivity index (χ2n) is 5.47. The summed E-state index contributed by atoms with van der Waals surface area (Å²) in [5.74, 6) is -1.03. The molecular formula is C13H14ClN5O3. The molecule has 1 aliphatic rings. The van der Waals surface area contributed by atoms with E-state index in [1.165, 1.54) is 11.0 Å². The fourth-order valence-electron chi connectivity index (χ4n) is 2.49. The normalized spacial score (nSPS) is 23.6. The van der Waals surface area contributed by atoms with Gasteiger partial charge in [-0.15, -0.1) is 5.10 Å². The molecule has 0 bridgehead atoms. The molecule has 0 radical (unpaired) electrons. The van der Waals surface area contributed by atoms with Gasteiger partial charge in [0.1, 0.15) is 12.1 Å². The molecule has 0 spiro atoms. The smallest absolute Gasteiger partial charge is 0.334 e. The zero-order valence-electron chi connectivity index (χ0n) is 11.9. The quantitative estimate of drug-likeness (QED) is 0.874. The average Bonchev–Trinajstić information content (AvgIpc) is 3.06. The van der Waals surface area contributed by atoms with Gasteiger partial charge < -0.3 is 9.84 Å². The van der Waals surface area contributed by atoms with E-state index >= 15 is 0 Å². The van der Waals surface area contributed by atoms with Gasteiger partial charge in [0.25, 0.3) is 0 Å². The summed E-state index contributed by atoms with van der Waals surface area (Å²) in [7, 11) is 0. The molecule has 1 aromatic heterocycles. The summed E-state index contributed by atoms with van der Waals surface area (Å²) in [6.07, 6.45) is 0.431. The second kappa shape index (κ2) is 5.31. The zero-order chi connectivity index (χ0) is 15.9. The van der Waals surface area contributed by atoms with Crippen LogP contribution in [0.4, 0.5) is 0 Å². The van der Waals surface area contributed by atoms with Crippen molar-refractivity contribution in [3.05, 3.63) is 35.1 Å². The summed E-state index contributed by atoms with van der Waals surface area (Å²) < 4.78 is 6.97. The number of carboxylic acids is 1. The number of tetrazole rings is 1. The van der Waals surface area contributed by atoms with Gasteiger partial charge in [0.15, 0.2) is 6.10 Å². The molecule has 0 amide bonds. The van der Waals surface area contributed by atoms with E-state index in [-0.39, 0.29) is 0 Å². The predicted molar refractivity (Wildman–Crippen MR) is 76.6 cm³/mol. The van der Waals surface area contributed by atoms with Crippen molar-refractivity contribution < 1.29 is 14.6 Å². The van der Waals surface area contributed by atoms with Crippen molar-refractivity contribution in [3.63, 3.8) is 0 Å². The first kappa shape index (κ1) is 14.9. The molecule has 2 heterocycles. The number of ether oxygens (including phenoxy) is 1. The van der Waals surface area contributed by atoms with Crippen molar-refractivity contribution in [1.82, 2.24) is 25.5 Å². The zero-order valence-corrected chi connectivity index (χ0v) is 12.7. The summed E-state index contributed by atoms with van der Waals surface area (Å²) in [6.45, 7) is 3.56. The van der Waals surface area contributed by atoms with Crippen LogP contribution in [-0.2, 0) is 9.53 Å². The van der Waals surface area contributed by atoms with Gasteiger partial charge in [-0.2, -0.15) is 4.68 Å². The molecule has 3 rings (SSSR count). The third-order valence-corrected chi connectivity index (χ3v) is 3.72. The summed E-state index contributed by atoms with van der Waals surface area (Å²) in [4.78, 5) is 11.4. The Morgan fingerprint density at radius 2 is 2.27 bits per heavy atom. The Kier molecular flexibility index (Phi) is 3.59. The Balaban J connectivity index is 2.01. The summed E-state index contributed by atoms with van der Waals surface area (Å²) in [6, 6.07) is 4.69. The van der Waals surface area contributed by atoms with Gasteiger partial charge in [-0.05, 0) is 42.0 Å². The van der Waals surface area contributed by atoms with E-state index in [1.54, 1.807) is 32.0 Å². The number of carbonyl (C=O) groups is 1. The van der Waals surface area contributed by atoms with Crippen molar-refractivity contribution in [2.45, 2.75) is 31.7 Å². The van der Waals surface area contributed by atoms with E-state index in [2.05, 4.69) is 20.8 Å². The van der Waals surface area contributed by atoms with Gasteiger partial charge in [-0.1, -0.05) is 17.7 Å². The third kappa shape index (κ3) is 2.68. The molecule has 2 unspecified atom stereocenters. The molecule has 8 nitrogen and oxygen atoms in total. The fraction of sp³-hybridized carbons (Fsp3) is 0.385. The summed E-state index contributed by atoms with van der Waals surface area (Å²) in [5, 5.41) is 23.9. The van der Waals surface area contributed by atoms with Gasteiger partial charge in [0.2, 0.25) is 0 Å². The number of aliphatic carboxylic acids is 1. The molecule has 2 atom stereocenters. The van der Waals surface area contributed by atoms with Crippen molar-refractivity contribution in [2.24, 2.45) is 0 Å². The highest BCUT2D eigenvalue weighted by Gasteiger charge is 2.44. The van der Waals surface area contributed by atoms with E-state index in [1.807, 2.05) is 0 Å². The van der Waals surface area contributed by atoms with E-state index in [0.717, 1.165) is 5.56 Å². The van der Waals surface area contributed by atoms with Crippen LogP contribution in [0, 0.1) is 0 Å². The first-order chi connectivity index (χ1) is 10.4. The Bertz CT molecular complexity index is 704. The van der Waals surface area contributed by atoms with Crippen LogP contribution in [0.15, 0.2) is 24.5 Å². The standard InChI is InChI=1S/C13H14ClN5O3/c1-13(2)16-10(11(22-13)12(20)21)7-3-4-8(14)9(5-7)19-6-15-17-18-19/h3-6,10-11,16H,1-2H3,(H,20,21). The van der Waals surface area contributed by atoms with E-state index < -0.39 is 23.8 Å². The number of nitrogens with one attached hydrogen (secondary N) is 1. The molecule has 1 aliphatic heterocycles.